The summed E-state index contributed by atoms with van der Waals surface area (Å²) in [4.78, 5) is 43.1. The van der Waals surface area contributed by atoms with Crippen LogP contribution in [0.1, 0.15) is 11.1 Å². The first-order valence-electron chi connectivity index (χ1n) is 6.61. The zero-order valence-electron chi connectivity index (χ0n) is 12.5. The standard InChI is InChI=1S/C17H11N3O3/c1-11-12(2)15(18-8-21)17(20-10-23)16(19-9-22)14(11)13-6-4-3-5-7-13/h3-7H,1-2H3. The minimum Gasteiger partial charge on any atom is -0.211 e. The van der Waals surface area contributed by atoms with E-state index in [0.717, 1.165) is 11.1 Å². The van der Waals surface area contributed by atoms with Crippen LogP contribution in [0.15, 0.2) is 45.3 Å². The van der Waals surface area contributed by atoms with Crippen molar-refractivity contribution in [2.75, 3.05) is 0 Å². The zero-order valence-corrected chi connectivity index (χ0v) is 12.5. The predicted molar refractivity (Wildman–Crippen MR) is 84.7 cm³/mol. The van der Waals surface area contributed by atoms with E-state index in [1.807, 2.05) is 30.3 Å². The van der Waals surface area contributed by atoms with Gasteiger partial charge in [0.25, 0.3) is 0 Å². The van der Waals surface area contributed by atoms with Crippen LogP contribution in [-0.2, 0) is 14.4 Å². The molecular formula is C17H11N3O3. The van der Waals surface area contributed by atoms with Gasteiger partial charge in [0.15, 0.2) is 0 Å². The minimum absolute atomic E-state index is 0.00588. The molecule has 0 bridgehead atoms. The Labute approximate surface area is 131 Å². The number of aliphatic imine (C=N–C) groups is 3. The summed E-state index contributed by atoms with van der Waals surface area (Å²) in [6.45, 7) is 3.54. The first-order chi connectivity index (χ1) is 11.2. The van der Waals surface area contributed by atoms with Crippen molar-refractivity contribution in [1.82, 2.24) is 0 Å². The van der Waals surface area contributed by atoms with Crippen LogP contribution >= 0.6 is 0 Å². The smallest absolute Gasteiger partial charge is 0.211 e. The van der Waals surface area contributed by atoms with Crippen molar-refractivity contribution in [1.29, 1.82) is 0 Å². The highest BCUT2D eigenvalue weighted by atomic mass is 16.1. The van der Waals surface area contributed by atoms with E-state index in [1.165, 1.54) is 18.2 Å². The Hall–Kier alpha value is -3.42. The molecule has 0 heterocycles. The van der Waals surface area contributed by atoms with Gasteiger partial charge in [0.1, 0.15) is 17.1 Å². The number of rotatable bonds is 4. The average Bonchev–Trinajstić information content (AvgIpc) is 2.57. The molecule has 0 radical (unpaired) electrons. The van der Waals surface area contributed by atoms with Crippen molar-refractivity contribution in [3.05, 3.63) is 41.5 Å². The van der Waals surface area contributed by atoms with E-state index in [9.17, 15) is 14.4 Å². The third-order valence-corrected chi connectivity index (χ3v) is 3.51. The van der Waals surface area contributed by atoms with E-state index >= 15 is 0 Å². The van der Waals surface area contributed by atoms with Crippen molar-refractivity contribution < 1.29 is 14.4 Å². The Morgan fingerprint density at radius 2 is 1.22 bits per heavy atom. The van der Waals surface area contributed by atoms with Crippen molar-refractivity contribution in [2.45, 2.75) is 13.8 Å². The number of carbonyl (C=O) groups excluding carboxylic acids is 3. The van der Waals surface area contributed by atoms with Gasteiger partial charge in [-0.3, -0.25) is 0 Å². The van der Waals surface area contributed by atoms with E-state index in [4.69, 9.17) is 0 Å². The molecule has 6 heteroatoms. The van der Waals surface area contributed by atoms with Gasteiger partial charge >= 0.3 is 0 Å². The first-order valence-corrected chi connectivity index (χ1v) is 6.61. The van der Waals surface area contributed by atoms with Gasteiger partial charge in [0.05, 0.1) is 0 Å². The molecule has 0 atom stereocenters. The van der Waals surface area contributed by atoms with Crippen LogP contribution in [0.4, 0.5) is 17.1 Å². The number of benzene rings is 2. The van der Waals surface area contributed by atoms with Crippen molar-refractivity contribution >= 4 is 35.3 Å². The number of hydrogen-bond acceptors (Lipinski definition) is 6. The molecule has 0 spiro atoms. The van der Waals surface area contributed by atoms with Crippen LogP contribution in [0.3, 0.4) is 0 Å². The SMILES string of the molecule is Cc1c(C)c(-c2ccccc2)c(N=C=O)c(N=C=O)c1N=C=O. The fraction of sp³-hybridized carbons (Fsp3) is 0.118. The number of isocyanates is 3. The van der Waals surface area contributed by atoms with E-state index in [2.05, 4.69) is 15.0 Å². The van der Waals surface area contributed by atoms with E-state index in [0.29, 0.717) is 11.1 Å². The lowest BCUT2D eigenvalue weighted by Crippen LogP contribution is -1.91. The topological polar surface area (TPSA) is 88.3 Å². The molecule has 2 aromatic carbocycles. The Balaban J connectivity index is 3.06. The second-order valence-electron chi connectivity index (χ2n) is 4.65. The Kier molecular flexibility index (Phi) is 4.88. The van der Waals surface area contributed by atoms with Gasteiger partial charge in [-0.15, -0.1) is 0 Å². The molecule has 0 saturated heterocycles. The maximum Gasteiger partial charge on any atom is 0.240 e. The van der Waals surface area contributed by atoms with Gasteiger partial charge in [0, 0.05) is 5.56 Å². The molecule has 2 rings (SSSR count). The van der Waals surface area contributed by atoms with E-state index < -0.39 is 0 Å². The molecule has 6 nitrogen and oxygen atoms in total. The molecule has 0 aliphatic heterocycles. The lowest BCUT2D eigenvalue weighted by Gasteiger charge is -2.16. The van der Waals surface area contributed by atoms with Crippen molar-refractivity contribution in [3.63, 3.8) is 0 Å². The monoisotopic (exact) mass is 305 g/mol. The van der Waals surface area contributed by atoms with Crippen LogP contribution < -0.4 is 0 Å². The molecule has 2 aromatic rings. The highest BCUT2D eigenvalue weighted by Gasteiger charge is 2.21. The Morgan fingerprint density at radius 3 is 1.78 bits per heavy atom. The minimum atomic E-state index is -0.00588. The quantitative estimate of drug-likeness (QED) is 0.634. The summed E-state index contributed by atoms with van der Waals surface area (Å²) in [5.41, 5.74) is 3.03. The molecule has 0 aromatic heterocycles. The second-order valence-corrected chi connectivity index (χ2v) is 4.65. The van der Waals surface area contributed by atoms with Crippen LogP contribution in [0.2, 0.25) is 0 Å². The van der Waals surface area contributed by atoms with Gasteiger partial charge in [-0.25, -0.2) is 14.4 Å². The molecule has 112 valence electrons. The molecule has 0 fully saturated rings. The molecule has 0 N–H and O–H groups in total. The van der Waals surface area contributed by atoms with Gasteiger partial charge in [-0.05, 0) is 30.5 Å². The summed E-state index contributed by atoms with van der Waals surface area (Å²) in [5, 5.41) is 0. The third kappa shape index (κ3) is 2.95. The molecule has 0 aliphatic carbocycles. The molecular weight excluding hydrogens is 294 g/mol. The maximum atomic E-state index is 10.8. The molecule has 0 unspecified atom stereocenters. The predicted octanol–water partition coefficient (Wildman–Crippen LogP) is 3.87. The van der Waals surface area contributed by atoms with Gasteiger partial charge in [-0.1, -0.05) is 30.3 Å². The lowest BCUT2D eigenvalue weighted by atomic mass is 9.92. The molecule has 0 aliphatic rings. The highest BCUT2D eigenvalue weighted by molar-refractivity contribution is 5.95. The van der Waals surface area contributed by atoms with Gasteiger partial charge in [0.2, 0.25) is 18.2 Å². The molecule has 0 amide bonds. The Bertz CT molecular complexity index is 901. The highest BCUT2D eigenvalue weighted by Crippen LogP contribution is 2.48. The fourth-order valence-corrected chi connectivity index (χ4v) is 2.40. The van der Waals surface area contributed by atoms with Gasteiger partial charge in [-0.2, -0.15) is 15.0 Å². The van der Waals surface area contributed by atoms with Crippen molar-refractivity contribution in [2.24, 2.45) is 15.0 Å². The first kappa shape index (κ1) is 16.0. The summed E-state index contributed by atoms with van der Waals surface area (Å²) < 4.78 is 0. The second kappa shape index (κ2) is 7.03. The summed E-state index contributed by atoms with van der Waals surface area (Å²) >= 11 is 0. The third-order valence-electron chi connectivity index (χ3n) is 3.51. The summed E-state index contributed by atoms with van der Waals surface area (Å²) in [6, 6.07) is 9.19. The lowest BCUT2D eigenvalue weighted by molar-refractivity contribution is 0.564. The van der Waals surface area contributed by atoms with Crippen LogP contribution in [0.5, 0.6) is 0 Å². The Morgan fingerprint density at radius 1 is 0.696 bits per heavy atom. The summed E-state index contributed by atoms with van der Waals surface area (Å²) in [6.07, 6.45) is 4.28. The van der Waals surface area contributed by atoms with Crippen molar-refractivity contribution in [3.8, 4) is 11.1 Å². The number of nitrogens with zero attached hydrogens (tertiary/aromatic N) is 3. The van der Waals surface area contributed by atoms with Crippen LogP contribution in [0.25, 0.3) is 11.1 Å². The summed E-state index contributed by atoms with van der Waals surface area (Å²) in [7, 11) is 0. The average molecular weight is 305 g/mol. The van der Waals surface area contributed by atoms with E-state index in [1.54, 1.807) is 13.8 Å². The van der Waals surface area contributed by atoms with Gasteiger partial charge < -0.3 is 0 Å². The van der Waals surface area contributed by atoms with E-state index in [-0.39, 0.29) is 17.1 Å². The maximum absolute atomic E-state index is 10.8. The largest absolute Gasteiger partial charge is 0.240 e. The van der Waals surface area contributed by atoms with Crippen LogP contribution in [-0.4, -0.2) is 18.2 Å². The van der Waals surface area contributed by atoms with Crippen LogP contribution in [0, 0.1) is 13.8 Å². The summed E-state index contributed by atoms with van der Waals surface area (Å²) in [5.74, 6) is 0. The zero-order chi connectivity index (χ0) is 16.8. The normalized spacial score (nSPS) is 9.30. The molecule has 23 heavy (non-hydrogen) atoms. The number of hydrogen-bond donors (Lipinski definition) is 0. The fourth-order valence-electron chi connectivity index (χ4n) is 2.40. The molecule has 0 saturated carbocycles.